The molecule has 2 aromatic rings. The van der Waals surface area contributed by atoms with Crippen LogP contribution in [0.1, 0.15) is 94.6 Å². The van der Waals surface area contributed by atoms with E-state index < -0.39 is 0 Å². The summed E-state index contributed by atoms with van der Waals surface area (Å²) in [5, 5.41) is 2.28. The van der Waals surface area contributed by atoms with Gasteiger partial charge in [-0.1, -0.05) is 134 Å². The molecule has 0 aromatic heterocycles. The summed E-state index contributed by atoms with van der Waals surface area (Å²) in [4.78, 5) is 0. The van der Waals surface area contributed by atoms with Crippen LogP contribution in [0.25, 0.3) is 11.1 Å². The second kappa shape index (κ2) is 14.0. The largest absolute Gasteiger partial charge is 0.0928 e. The van der Waals surface area contributed by atoms with Crippen molar-refractivity contribution in [2.75, 3.05) is 10.7 Å². The van der Waals surface area contributed by atoms with E-state index in [0.29, 0.717) is 0 Å². The Hall–Kier alpha value is 0.360. The van der Waals surface area contributed by atoms with E-state index in [1.165, 1.54) is 104 Å². The van der Waals surface area contributed by atoms with Crippen LogP contribution in [0.3, 0.4) is 0 Å². The molecule has 0 saturated carbocycles. The van der Waals surface area contributed by atoms with Crippen LogP contribution in [0.15, 0.2) is 45.3 Å². The number of alkyl halides is 2. The Morgan fingerprint density at radius 1 is 0.500 bits per heavy atom. The Morgan fingerprint density at radius 3 is 1.28 bits per heavy atom. The van der Waals surface area contributed by atoms with Crippen molar-refractivity contribution in [2.24, 2.45) is 0 Å². The predicted octanol–water partition coefficient (Wildman–Crippen LogP) is 11.3. The number of hydrogen-bond acceptors (Lipinski definition) is 0. The highest BCUT2D eigenvalue weighted by atomic mass is 79.9. The van der Waals surface area contributed by atoms with E-state index in [0.717, 1.165) is 10.7 Å². The van der Waals surface area contributed by atoms with Crippen LogP contribution in [0.2, 0.25) is 0 Å². The number of benzene rings is 2. The van der Waals surface area contributed by atoms with E-state index >= 15 is 0 Å². The summed E-state index contributed by atoms with van der Waals surface area (Å²) in [6.45, 7) is 0. The van der Waals surface area contributed by atoms with Crippen LogP contribution in [0.4, 0.5) is 0 Å². The fourth-order valence-electron chi connectivity index (χ4n) is 5.38. The summed E-state index contributed by atoms with van der Waals surface area (Å²) in [7, 11) is 0. The molecule has 1 aliphatic carbocycles. The number of halogens is 4. The van der Waals surface area contributed by atoms with Crippen molar-refractivity contribution in [3.8, 4) is 11.1 Å². The lowest BCUT2D eigenvalue weighted by atomic mass is 9.70. The van der Waals surface area contributed by atoms with Gasteiger partial charge in [0, 0.05) is 25.0 Å². The minimum Gasteiger partial charge on any atom is -0.0928 e. The Labute approximate surface area is 229 Å². The summed E-state index contributed by atoms with van der Waals surface area (Å²) >= 11 is 14.7. The summed E-state index contributed by atoms with van der Waals surface area (Å²) in [6, 6.07) is 13.9. The van der Waals surface area contributed by atoms with E-state index in [2.05, 4.69) is 100 Å². The van der Waals surface area contributed by atoms with E-state index in [9.17, 15) is 0 Å². The molecule has 0 bridgehead atoms. The number of rotatable bonds is 15. The average Bonchev–Trinajstić information content (AvgIpc) is 3.04. The molecular formula is C28H36Br4. The molecule has 3 rings (SSSR count). The molecule has 1 aliphatic rings. The van der Waals surface area contributed by atoms with Crippen LogP contribution in [0, 0.1) is 0 Å². The molecule has 0 radical (unpaired) electrons. The monoisotopic (exact) mass is 688 g/mol. The first-order chi connectivity index (χ1) is 15.6. The number of fused-ring (bicyclic) bond motifs is 3. The molecule has 0 aliphatic heterocycles. The summed E-state index contributed by atoms with van der Waals surface area (Å²) in [5.74, 6) is 0. The molecule has 4 heteroatoms. The maximum atomic E-state index is 3.79. The van der Waals surface area contributed by atoms with Crippen LogP contribution < -0.4 is 0 Å². The average molecular weight is 692 g/mol. The quantitative estimate of drug-likeness (QED) is 0.129. The molecule has 0 atom stereocenters. The van der Waals surface area contributed by atoms with Gasteiger partial charge in [-0.05, 0) is 72.2 Å². The van der Waals surface area contributed by atoms with Gasteiger partial charge >= 0.3 is 0 Å². The zero-order valence-corrected chi connectivity index (χ0v) is 25.4. The highest BCUT2D eigenvalue weighted by molar-refractivity contribution is 9.11. The maximum absolute atomic E-state index is 3.79. The van der Waals surface area contributed by atoms with Crippen LogP contribution in [-0.4, -0.2) is 10.7 Å². The van der Waals surface area contributed by atoms with Crippen molar-refractivity contribution < 1.29 is 0 Å². The fourth-order valence-corrected chi connectivity index (χ4v) is 6.90. The molecule has 0 N–H and O–H groups in total. The van der Waals surface area contributed by atoms with Crippen LogP contribution >= 0.6 is 63.7 Å². The van der Waals surface area contributed by atoms with E-state index in [1.807, 2.05) is 0 Å². The van der Waals surface area contributed by atoms with Crippen LogP contribution in [0.5, 0.6) is 0 Å². The summed E-state index contributed by atoms with van der Waals surface area (Å²) in [5.41, 5.74) is 6.17. The molecule has 0 nitrogen and oxygen atoms in total. The third kappa shape index (κ3) is 6.95. The molecule has 2 aromatic carbocycles. The molecule has 176 valence electrons. The Morgan fingerprint density at radius 2 is 0.875 bits per heavy atom. The lowest BCUT2D eigenvalue weighted by Crippen LogP contribution is -2.25. The van der Waals surface area contributed by atoms with Crippen molar-refractivity contribution in [3.05, 3.63) is 56.5 Å². The summed E-state index contributed by atoms with van der Waals surface area (Å²) < 4.78 is 2.42. The molecular weight excluding hydrogens is 656 g/mol. The van der Waals surface area contributed by atoms with Crippen molar-refractivity contribution in [2.45, 2.75) is 88.9 Å². The first kappa shape index (κ1) is 27.0. The number of unbranched alkanes of at least 4 members (excludes halogenated alkanes) is 9. The lowest BCUT2D eigenvalue weighted by Gasteiger charge is -2.33. The van der Waals surface area contributed by atoms with Gasteiger partial charge in [-0.25, -0.2) is 0 Å². The molecule has 0 unspecified atom stereocenters. The Balaban J connectivity index is 1.81. The Bertz CT molecular complexity index is 794. The minimum atomic E-state index is 0.156. The second-order valence-electron chi connectivity index (χ2n) is 9.23. The van der Waals surface area contributed by atoms with Gasteiger partial charge in [0.1, 0.15) is 0 Å². The second-order valence-corrected chi connectivity index (χ2v) is 12.6. The topological polar surface area (TPSA) is 0 Å². The third-order valence-corrected chi connectivity index (χ3v) is 9.12. The molecule has 32 heavy (non-hydrogen) atoms. The smallest absolute Gasteiger partial charge is 0.0216 e. The molecule has 0 saturated heterocycles. The lowest BCUT2D eigenvalue weighted by molar-refractivity contribution is 0.398. The van der Waals surface area contributed by atoms with Crippen molar-refractivity contribution in [1.82, 2.24) is 0 Å². The van der Waals surface area contributed by atoms with Crippen molar-refractivity contribution in [3.63, 3.8) is 0 Å². The van der Waals surface area contributed by atoms with Gasteiger partial charge in [0.15, 0.2) is 0 Å². The Kier molecular flexibility index (Phi) is 11.8. The zero-order valence-electron chi connectivity index (χ0n) is 19.1. The van der Waals surface area contributed by atoms with E-state index in [1.54, 1.807) is 11.1 Å². The fraction of sp³-hybridized carbons (Fsp3) is 0.571. The highest BCUT2D eigenvalue weighted by Gasteiger charge is 2.42. The van der Waals surface area contributed by atoms with Crippen LogP contribution in [-0.2, 0) is 5.41 Å². The number of hydrogen-bond donors (Lipinski definition) is 0. The minimum absolute atomic E-state index is 0.156. The highest BCUT2D eigenvalue weighted by Crippen LogP contribution is 2.55. The first-order valence-electron chi connectivity index (χ1n) is 12.3. The van der Waals surface area contributed by atoms with E-state index in [-0.39, 0.29) is 5.41 Å². The van der Waals surface area contributed by atoms with Gasteiger partial charge < -0.3 is 0 Å². The van der Waals surface area contributed by atoms with Gasteiger partial charge in [0.05, 0.1) is 0 Å². The normalized spacial score (nSPS) is 13.9. The standard InChI is InChI=1S/C28H36Br4/c29-18-10-6-2-1-4-8-16-28(17-9-5-3-7-11-19-30)26-20-22(31)12-14-24(26)25-15-13-23(32)21-27(25)28/h12-15,20-21H,1-11,16-19H2. The van der Waals surface area contributed by atoms with Gasteiger partial charge in [-0.2, -0.15) is 0 Å². The van der Waals surface area contributed by atoms with Crippen molar-refractivity contribution >= 4 is 63.7 Å². The van der Waals surface area contributed by atoms with Gasteiger partial charge in [-0.3, -0.25) is 0 Å². The molecule has 0 spiro atoms. The zero-order chi connectivity index (χ0) is 22.8. The molecule has 0 fully saturated rings. The molecule has 0 amide bonds. The predicted molar refractivity (Wildman–Crippen MR) is 156 cm³/mol. The summed E-state index contributed by atoms with van der Waals surface area (Å²) in [6.07, 6.45) is 17.2. The van der Waals surface area contributed by atoms with Gasteiger partial charge in [0.2, 0.25) is 0 Å². The SMILES string of the molecule is BrCCCCCCCCC1(CCCCCCCBr)c2cc(Br)ccc2-c2ccc(Br)cc21. The first-order valence-corrected chi connectivity index (χ1v) is 16.2. The van der Waals surface area contributed by atoms with Gasteiger partial charge in [-0.15, -0.1) is 0 Å². The van der Waals surface area contributed by atoms with E-state index in [4.69, 9.17) is 0 Å². The van der Waals surface area contributed by atoms with Crippen molar-refractivity contribution in [1.29, 1.82) is 0 Å². The molecule has 0 heterocycles. The third-order valence-electron chi connectivity index (χ3n) is 7.01. The van der Waals surface area contributed by atoms with Gasteiger partial charge in [0.25, 0.3) is 0 Å². The maximum Gasteiger partial charge on any atom is 0.0216 e.